The van der Waals surface area contributed by atoms with Crippen LogP contribution in [-0.4, -0.2) is 19.3 Å². The Morgan fingerprint density at radius 3 is 2.24 bits per heavy atom. The van der Waals surface area contributed by atoms with Crippen LogP contribution in [0.3, 0.4) is 0 Å². The van der Waals surface area contributed by atoms with Crippen LogP contribution in [-0.2, 0) is 4.74 Å². The molecule has 0 spiro atoms. The van der Waals surface area contributed by atoms with Crippen molar-refractivity contribution in [2.75, 3.05) is 13.7 Å². The zero-order chi connectivity index (χ0) is 15.3. The molecule has 2 aromatic rings. The number of likely N-dealkylation sites (N-methyl/N-ethyl adjacent to an activating group) is 1. The molecule has 0 saturated carbocycles. The number of rotatable bonds is 7. The Bertz CT molecular complexity index is 575. The van der Waals surface area contributed by atoms with Gasteiger partial charge in [-0.3, -0.25) is 0 Å². The second-order valence-electron chi connectivity index (χ2n) is 5.53. The van der Waals surface area contributed by atoms with Gasteiger partial charge >= 0.3 is 0 Å². The van der Waals surface area contributed by atoms with Gasteiger partial charge in [-0.15, -0.1) is 0 Å². The maximum Gasteiger partial charge on any atom is 0.0870 e. The van der Waals surface area contributed by atoms with Crippen LogP contribution >= 0.6 is 0 Å². The normalized spacial score (nSPS) is 13.5. The Hall–Kier alpha value is -1.38. The van der Waals surface area contributed by atoms with Crippen molar-refractivity contribution >= 4 is 10.8 Å². The Kier molecular flexibility index (Phi) is 5.38. The Morgan fingerprint density at radius 1 is 1.00 bits per heavy atom. The summed E-state index contributed by atoms with van der Waals surface area (Å²) in [5.74, 6) is 0. The second kappa shape index (κ2) is 7.06. The van der Waals surface area contributed by atoms with Gasteiger partial charge in [0.2, 0.25) is 0 Å². The molecule has 1 N–H and O–H groups in total. The first-order valence-corrected chi connectivity index (χ1v) is 8.00. The van der Waals surface area contributed by atoms with E-state index < -0.39 is 0 Å². The first-order chi connectivity index (χ1) is 10.2. The molecular formula is C19H27NO. The van der Waals surface area contributed by atoms with Crippen molar-refractivity contribution in [1.82, 2.24) is 5.32 Å². The summed E-state index contributed by atoms with van der Waals surface area (Å²) in [7, 11) is 2.03. The van der Waals surface area contributed by atoms with Crippen molar-refractivity contribution < 1.29 is 4.74 Å². The highest BCUT2D eigenvalue weighted by Crippen LogP contribution is 2.36. The molecule has 0 amide bonds. The quantitative estimate of drug-likeness (QED) is 0.796. The van der Waals surface area contributed by atoms with Gasteiger partial charge in [0.25, 0.3) is 0 Å². The molecule has 0 aliphatic rings. The van der Waals surface area contributed by atoms with Gasteiger partial charge in [-0.2, -0.15) is 0 Å². The molecule has 0 saturated heterocycles. The number of hydrogen-bond donors (Lipinski definition) is 1. The molecule has 114 valence electrons. The summed E-state index contributed by atoms with van der Waals surface area (Å²) >= 11 is 0. The minimum Gasteiger partial charge on any atom is -0.373 e. The van der Waals surface area contributed by atoms with E-state index in [1.165, 1.54) is 16.3 Å². The maximum absolute atomic E-state index is 6.18. The molecule has 1 atom stereocenters. The highest BCUT2D eigenvalue weighted by molar-refractivity contribution is 5.83. The molecule has 0 heterocycles. The zero-order valence-electron chi connectivity index (χ0n) is 13.6. The van der Waals surface area contributed by atoms with Crippen molar-refractivity contribution in [2.45, 2.75) is 45.3 Å². The van der Waals surface area contributed by atoms with Crippen LogP contribution in [0.1, 0.15) is 45.2 Å². The second-order valence-corrected chi connectivity index (χ2v) is 5.53. The van der Waals surface area contributed by atoms with Crippen LogP contribution in [0.25, 0.3) is 10.8 Å². The average Bonchev–Trinajstić information content (AvgIpc) is 2.54. The van der Waals surface area contributed by atoms with Crippen LogP contribution in [0.15, 0.2) is 42.5 Å². The fourth-order valence-electron chi connectivity index (χ4n) is 3.35. The lowest BCUT2D eigenvalue weighted by molar-refractivity contribution is -0.0717. The lowest BCUT2D eigenvalue weighted by atomic mass is 9.83. The van der Waals surface area contributed by atoms with Crippen LogP contribution in [0, 0.1) is 0 Å². The van der Waals surface area contributed by atoms with Crippen molar-refractivity contribution in [3.8, 4) is 0 Å². The van der Waals surface area contributed by atoms with Gasteiger partial charge in [-0.05, 0) is 49.2 Å². The summed E-state index contributed by atoms with van der Waals surface area (Å²) in [6, 6.07) is 15.4. The predicted molar refractivity (Wildman–Crippen MR) is 90.7 cm³/mol. The Balaban J connectivity index is 2.46. The number of benzene rings is 2. The third-order valence-electron chi connectivity index (χ3n) is 4.55. The van der Waals surface area contributed by atoms with Gasteiger partial charge in [0.05, 0.1) is 11.6 Å². The molecule has 0 aromatic heterocycles. The lowest BCUT2D eigenvalue weighted by Crippen LogP contribution is -2.44. The monoisotopic (exact) mass is 285 g/mol. The third kappa shape index (κ3) is 3.12. The van der Waals surface area contributed by atoms with Crippen LogP contribution in [0.2, 0.25) is 0 Å². The minimum absolute atomic E-state index is 0.147. The number of fused-ring (bicyclic) bond motifs is 1. The lowest BCUT2D eigenvalue weighted by Gasteiger charge is -2.39. The summed E-state index contributed by atoms with van der Waals surface area (Å²) in [4.78, 5) is 0. The predicted octanol–water partition coefficient (Wildman–Crippen LogP) is 4.70. The summed E-state index contributed by atoms with van der Waals surface area (Å²) in [6.45, 7) is 7.25. The topological polar surface area (TPSA) is 21.3 Å². The molecule has 1 unspecified atom stereocenters. The van der Waals surface area contributed by atoms with Gasteiger partial charge in [0, 0.05) is 6.61 Å². The molecule has 0 bridgehead atoms. The first-order valence-electron chi connectivity index (χ1n) is 8.00. The van der Waals surface area contributed by atoms with Gasteiger partial charge in [0.15, 0.2) is 0 Å². The maximum atomic E-state index is 6.18. The van der Waals surface area contributed by atoms with E-state index in [1.807, 2.05) is 7.05 Å². The summed E-state index contributed by atoms with van der Waals surface area (Å²) in [5.41, 5.74) is 1.15. The number of ether oxygens (including phenoxy) is 1. The van der Waals surface area contributed by atoms with E-state index in [0.717, 1.165) is 19.4 Å². The Labute approximate surface area is 128 Å². The first kappa shape index (κ1) is 16.0. The smallest absolute Gasteiger partial charge is 0.0870 e. The van der Waals surface area contributed by atoms with E-state index in [2.05, 4.69) is 68.6 Å². The molecule has 2 heteroatoms. The van der Waals surface area contributed by atoms with Crippen molar-refractivity contribution in [3.63, 3.8) is 0 Å². The molecule has 21 heavy (non-hydrogen) atoms. The van der Waals surface area contributed by atoms with Crippen LogP contribution < -0.4 is 5.32 Å². The average molecular weight is 285 g/mol. The van der Waals surface area contributed by atoms with Crippen molar-refractivity contribution in [1.29, 1.82) is 0 Å². The molecule has 2 aromatic carbocycles. The molecule has 0 aliphatic carbocycles. The standard InChI is InChI=1S/C19H27NO/c1-5-19(6-2,21-7-3)18(20-4)17-13-12-15-10-8-9-11-16(15)14-17/h8-14,18,20H,5-7H2,1-4H3. The van der Waals surface area contributed by atoms with Crippen LogP contribution in [0.5, 0.6) is 0 Å². The van der Waals surface area contributed by atoms with E-state index in [0.29, 0.717) is 0 Å². The van der Waals surface area contributed by atoms with Gasteiger partial charge in [-0.25, -0.2) is 0 Å². The molecule has 0 fully saturated rings. The van der Waals surface area contributed by atoms with Gasteiger partial charge in [-0.1, -0.05) is 50.2 Å². The minimum atomic E-state index is -0.147. The van der Waals surface area contributed by atoms with E-state index >= 15 is 0 Å². The van der Waals surface area contributed by atoms with E-state index in [-0.39, 0.29) is 11.6 Å². The molecule has 2 nitrogen and oxygen atoms in total. The van der Waals surface area contributed by atoms with Crippen molar-refractivity contribution in [2.24, 2.45) is 0 Å². The third-order valence-corrected chi connectivity index (χ3v) is 4.55. The van der Waals surface area contributed by atoms with Crippen LogP contribution in [0.4, 0.5) is 0 Å². The fourth-order valence-corrected chi connectivity index (χ4v) is 3.35. The number of nitrogens with one attached hydrogen (secondary N) is 1. The largest absolute Gasteiger partial charge is 0.373 e. The highest BCUT2D eigenvalue weighted by atomic mass is 16.5. The van der Waals surface area contributed by atoms with Gasteiger partial charge in [0.1, 0.15) is 0 Å². The zero-order valence-corrected chi connectivity index (χ0v) is 13.6. The van der Waals surface area contributed by atoms with E-state index in [1.54, 1.807) is 0 Å². The van der Waals surface area contributed by atoms with E-state index in [4.69, 9.17) is 4.74 Å². The molecule has 0 aliphatic heterocycles. The summed E-state index contributed by atoms with van der Waals surface area (Å²) in [6.07, 6.45) is 1.99. The summed E-state index contributed by atoms with van der Waals surface area (Å²) in [5, 5.41) is 6.05. The Morgan fingerprint density at radius 2 is 1.67 bits per heavy atom. The molecular weight excluding hydrogens is 258 g/mol. The van der Waals surface area contributed by atoms with E-state index in [9.17, 15) is 0 Å². The fraction of sp³-hybridized carbons (Fsp3) is 0.474. The summed E-state index contributed by atoms with van der Waals surface area (Å²) < 4.78 is 6.18. The highest BCUT2D eigenvalue weighted by Gasteiger charge is 2.36. The molecule has 2 rings (SSSR count). The van der Waals surface area contributed by atoms with Crippen molar-refractivity contribution in [3.05, 3.63) is 48.0 Å². The van der Waals surface area contributed by atoms with Gasteiger partial charge < -0.3 is 10.1 Å². The molecule has 0 radical (unpaired) electrons. The number of hydrogen-bond acceptors (Lipinski definition) is 2. The SMILES string of the molecule is CCOC(CC)(CC)C(NC)c1ccc2ccccc2c1.